The van der Waals surface area contributed by atoms with Gasteiger partial charge in [0.15, 0.2) is 0 Å². The van der Waals surface area contributed by atoms with E-state index in [1.807, 2.05) is 44.2 Å². The smallest absolute Gasteiger partial charge is 0.244 e. The van der Waals surface area contributed by atoms with Crippen molar-refractivity contribution in [1.29, 1.82) is 0 Å². The van der Waals surface area contributed by atoms with E-state index >= 15 is 0 Å². The fraction of sp³-hybridized carbons (Fsp3) is 0.417. The quantitative estimate of drug-likeness (QED) is 0.509. The highest BCUT2D eigenvalue weighted by atomic mass is 32.2. The number of nitrogens with zero attached hydrogens (tertiary/aromatic N) is 2. The minimum atomic E-state index is -3.76. The van der Waals surface area contributed by atoms with Gasteiger partial charge in [-0.15, -0.1) is 0 Å². The Hall–Kier alpha value is -3.07. The number of ether oxygens (including phenoxy) is 1. The Bertz CT molecular complexity index is 1010. The summed E-state index contributed by atoms with van der Waals surface area (Å²) in [5, 5.41) is 2.81. The molecule has 0 aliphatic carbocycles. The SMILES string of the molecule is CCCNC(=O)[C@H](C)N(Cc1ccccc1)C(=O)CN(c1ccc(OCC)cc1)S(C)(=O)=O. The largest absolute Gasteiger partial charge is 0.494 e. The second kappa shape index (κ2) is 12.2. The van der Waals surface area contributed by atoms with Crippen LogP contribution in [0.2, 0.25) is 0 Å². The molecule has 0 bridgehead atoms. The molecular weight excluding hydrogens is 442 g/mol. The summed E-state index contributed by atoms with van der Waals surface area (Å²) in [4.78, 5) is 27.4. The molecule has 8 nitrogen and oxygen atoms in total. The van der Waals surface area contributed by atoms with Crippen LogP contribution in [0, 0.1) is 0 Å². The lowest BCUT2D eigenvalue weighted by atomic mass is 10.1. The van der Waals surface area contributed by atoms with Crippen LogP contribution in [0.3, 0.4) is 0 Å². The molecule has 0 unspecified atom stereocenters. The van der Waals surface area contributed by atoms with Crippen molar-refractivity contribution in [2.75, 3.05) is 30.3 Å². The normalized spacial score (nSPS) is 12.0. The van der Waals surface area contributed by atoms with Crippen LogP contribution in [0.15, 0.2) is 54.6 Å². The minimum absolute atomic E-state index is 0.182. The van der Waals surface area contributed by atoms with Crippen molar-refractivity contribution in [3.05, 3.63) is 60.2 Å². The summed E-state index contributed by atoms with van der Waals surface area (Å²) in [7, 11) is -3.76. The molecule has 2 rings (SSSR count). The summed E-state index contributed by atoms with van der Waals surface area (Å²) in [5.74, 6) is -0.154. The molecule has 0 saturated heterocycles. The third-order valence-electron chi connectivity index (χ3n) is 5.03. The van der Waals surface area contributed by atoms with Crippen molar-refractivity contribution in [3.63, 3.8) is 0 Å². The van der Waals surface area contributed by atoms with Gasteiger partial charge in [-0.1, -0.05) is 37.3 Å². The maximum absolute atomic E-state index is 13.4. The molecule has 2 amide bonds. The van der Waals surface area contributed by atoms with E-state index < -0.39 is 28.5 Å². The van der Waals surface area contributed by atoms with Gasteiger partial charge < -0.3 is 15.0 Å². The Morgan fingerprint density at radius 2 is 1.67 bits per heavy atom. The number of amides is 2. The van der Waals surface area contributed by atoms with Crippen molar-refractivity contribution < 1.29 is 22.7 Å². The van der Waals surface area contributed by atoms with Crippen molar-refractivity contribution in [3.8, 4) is 5.75 Å². The standard InChI is InChI=1S/C24H33N3O5S/c1-5-16-25-24(29)19(3)26(17-20-10-8-7-9-11-20)23(28)18-27(33(4,30)31)21-12-14-22(15-13-21)32-6-2/h7-15,19H,5-6,16-18H2,1-4H3,(H,25,29)/t19-/m0/s1. The highest BCUT2D eigenvalue weighted by Gasteiger charge is 2.29. The molecule has 33 heavy (non-hydrogen) atoms. The molecule has 180 valence electrons. The van der Waals surface area contributed by atoms with Crippen molar-refractivity contribution >= 4 is 27.5 Å². The van der Waals surface area contributed by atoms with Crippen molar-refractivity contribution in [2.45, 2.75) is 39.8 Å². The number of sulfonamides is 1. The van der Waals surface area contributed by atoms with Gasteiger partial charge in [0, 0.05) is 13.1 Å². The van der Waals surface area contributed by atoms with Crippen LogP contribution in [0.25, 0.3) is 0 Å². The van der Waals surface area contributed by atoms with Crippen LogP contribution < -0.4 is 14.4 Å². The fourth-order valence-corrected chi connectivity index (χ4v) is 4.10. The minimum Gasteiger partial charge on any atom is -0.494 e. The Morgan fingerprint density at radius 1 is 1.03 bits per heavy atom. The average molecular weight is 476 g/mol. The fourth-order valence-electron chi connectivity index (χ4n) is 3.25. The highest BCUT2D eigenvalue weighted by Crippen LogP contribution is 2.22. The monoisotopic (exact) mass is 475 g/mol. The Balaban J connectivity index is 2.32. The molecule has 0 aliphatic heterocycles. The van der Waals surface area contributed by atoms with Crippen LogP contribution in [0.1, 0.15) is 32.8 Å². The van der Waals surface area contributed by atoms with Crippen LogP contribution in [-0.2, 0) is 26.2 Å². The molecule has 1 N–H and O–H groups in total. The second-order valence-electron chi connectivity index (χ2n) is 7.67. The first kappa shape index (κ1) is 26.2. The lowest BCUT2D eigenvalue weighted by molar-refractivity contribution is -0.139. The van der Waals surface area contributed by atoms with E-state index in [1.54, 1.807) is 31.2 Å². The Labute approximate surface area is 196 Å². The molecule has 0 aromatic heterocycles. The lowest BCUT2D eigenvalue weighted by Gasteiger charge is -2.31. The summed E-state index contributed by atoms with van der Waals surface area (Å²) in [6.07, 6.45) is 1.82. The van der Waals surface area contributed by atoms with E-state index in [-0.39, 0.29) is 12.5 Å². The molecule has 0 heterocycles. The Morgan fingerprint density at radius 3 is 2.21 bits per heavy atom. The van der Waals surface area contributed by atoms with Gasteiger partial charge in [0.25, 0.3) is 0 Å². The van der Waals surface area contributed by atoms with Gasteiger partial charge in [-0.05, 0) is 50.1 Å². The van der Waals surface area contributed by atoms with E-state index in [9.17, 15) is 18.0 Å². The zero-order valence-electron chi connectivity index (χ0n) is 19.7. The first-order valence-electron chi connectivity index (χ1n) is 11.0. The molecule has 1 atom stereocenters. The lowest BCUT2D eigenvalue weighted by Crippen LogP contribution is -2.51. The summed E-state index contributed by atoms with van der Waals surface area (Å²) in [6, 6.07) is 15.0. The van der Waals surface area contributed by atoms with Gasteiger partial charge in [-0.25, -0.2) is 8.42 Å². The van der Waals surface area contributed by atoms with E-state index in [0.29, 0.717) is 24.6 Å². The number of carbonyl (C=O) groups is 2. The maximum atomic E-state index is 13.4. The van der Waals surface area contributed by atoms with E-state index in [1.165, 1.54) is 4.90 Å². The number of hydrogen-bond acceptors (Lipinski definition) is 5. The first-order chi connectivity index (χ1) is 15.7. The molecule has 2 aromatic carbocycles. The molecule has 2 aromatic rings. The second-order valence-corrected chi connectivity index (χ2v) is 9.58. The zero-order valence-corrected chi connectivity index (χ0v) is 20.5. The zero-order chi connectivity index (χ0) is 24.4. The molecule has 9 heteroatoms. The van der Waals surface area contributed by atoms with E-state index in [2.05, 4.69) is 5.32 Å². The van der Waals surface area contributed by atoms with Gasteiger partial charge in [0.1, 0.15) is 18.3 Å². The van der Waals surface area contributed by atoms with Gasteiger partial charge in [-0.2, -0.15) is 0 Å². The maximum Gasteiger partial charge on any atom is 0.244 e. The van der Waals surface area contributed by atoms with Crippen LogP contribution in [-0.4, -0.2) is 57.1 Å². The predicted octanol–water partition coefficient (Wildman–Crippen LogP) is 2.79. The van der Waals surface area contributed by atoms with Gasteiger partial charge in [-0.3, -0.25) is 13.9 Å². The van der Waals surface area contributed by atoms with Crippen LogP contribution >= 0.6 is 0 Å². The molecule has 0 aliphatic rings. The number of nitrogens with one attached hydrogen (secondary N) is 1. The third kappa shape index (κ3) is 7.78. The van der Waals surface area contributed by atoms with Gasteiger partial charge >= 0.3 is 0 Å². The van der Waals surface area contributed by atoms with E-state index in [4.69, 9.17) is 4.74 Å². The number of benzene rings is 2. The van der Waals surface area contributed by atoms with Crippen molar-refractivity contribution in [1.82, 2.24) is 10.2 Å². The molecule has 0 spiro atoms. The predicted molar refractivity (Wildman–Crippen MR) is 130 cm³/mol. The number of rotatable bonds is 12. The summed E-state index contributed by atoms with van der Waals surface area (Å²) in [6.45, 7) is 6.19. The summed E-state index contributed by atoms with van der Waals surface area (Å²) in [5.41, 5.74) is 1.19. The number of carbonyl (C=O) groups excluding carboxylic acids is 2. The Kier molecular flexibility index (Phi) is 9.72. The van der Waals surface area contributed by atoms with Gasteiger partial charge in [0.05, 0.1) is 18.6 Å². The summed E-state index contributed by atoms with van der Waals surface area (Å²) < 4.78 is 31.6. The number of hydrogen-bond donors (Lipinski definition) is 1. The third-order valence-corrected chi connectivity index (χ3v) is 6.17. The van der Waals surface area contributed by atoms with Crippen LogP contribution in [0.4, 0.5) is 5.69 Å². The highest BCUT2D eigenvalue weighted by molar-refractivity contribution is 7.92. The topological polar surface area (TPSA) is 96.0 Å². The molecule has 0 fully saturated rings. The van der Waals surface area contributed by atoms with Gasteiger partial charge in [0.2, 0.25) is 21.8 Å². The van der Waals surface area contributed by atoms with Crippen molar-refractivity contribution in [2.24, 2.45) is 0 Å². The molecular formula is C24H33N3O5S. The molecule has 0 radical (unpaired) electrons. The van der Waals surface area contributed by atoms with Crippen LogP contribution in [0.5, 0.6) is 5.75 Å². The number of anilines is 1. The van der Waals surface area contributed by atoms with E-state index in [0.717, 1.165) is 22.5 Å². The average Bonchev–Trinajstić information content (AvgIpc) is 2.79. The first-order valence-corrected chi connectivity index (χ1v) is 12.8. The summed E-state index contributed by atoms with van der Waals surface area (Å²) >= 11 is 0. The molecule has 0 saturated carbocycles.